The summed E-state index contributed by atoms with van der Waals surface area (Å²) < 4.78 is 1.04. The predicted octanol–water partition coefficient (Wildman–Crippen LogP) is 6.12. The lowest BCUT2D eigenvalue weighted by atomic mass is 10.1. The van der Waals surface area contributed by atoms with Gasteiger partial charge in [-0.25, -0.2) is 0 Å². The molecule has 2 nitrogen and oxygen atoms in total. The van der Waals surface area contributed by atoms with Crippen LogP contribution in [0, 0.1) is 0 Å². The van der Waals surface area contributed by atoms with Gasteiger partial charge in [0.2, 0.25) is 0 Å². The standard InChI is InChI=1S/C20H16BrNO/c1-15(23)16-7-11-19(12-8-16)22(18-5-3-2-4-6-18)20-13-9-17(21)10-14-20/h2-14H,1H3. The largest absolute Gasteiger partial charge is 0.311 e. The average Bonchev–Trinajstić information content (AvgIpc) is 2.58. The molecule has 0 aliphatic heterocycles. The van der Waals surface area contributed by atoms with Crippen molar-refractivity contribution in [3.05, 3.63) is 88.9 Å². The molecule has 0 bridgehead atoms. The number of hydrogen-bond acceptors (Lipinski definition) is 2. The number of anilines is 3. The van der Waals surface area contributed by atoms with E-state index in [1.54, 1.807) is 6.92 Å². The third kappa shape index (κ3) is 3.51. The first-order chi connectivity index (χ1) is 11.1. The molecular formula is C20H16BrNO. The molecule has 3 aromatic rings. The highest BCUT2D eigenvalue weighted by Crippen LogP contribution is 2.34. The van der Waals surface area contributed by atoms with Crippen LogP contribution in [0.15, 0.2) is 83.3 Å². The van der Waals surface area contributed by atoms with Gasteiger partial charge in [-0.1, -0.05) is 34.1 Å². The molecule has 0 N–H and O–H groups in total. The molecule has 0 saturated carbocycles. The zero-order valence-electron chi connectivity index (χ0n) is 12.7. The van der Waals surface area contributed by atoms with Crippen molar-refractivity contribution in [2.45, 2.75) is 6.92 Å². The molecule has 0 amide bonds. The minimum Gasteiger partial charge on any atom is -0.311 e. The Morgan fingerprint density at radius 3 is 1.74 bits per heavy atom. The summed E-state index contributed by atoms with van der Waals surface area (Å²) in [7, 11) is 0. The number of ketones is 1. The highest BCUT2D eigenvalue weighted by molar-refractivity contribution is 9.10. The summed E-state index contributed by atoms with van der Waals surface area (Å²) in [5.41, 5.74) is 3.88. The van der Waals surface area contributed by atoms with Crippen LogP contribution in [0.4, 0.5) is 17.1 Å². The second kappa shape index (κ2) is 6.80. The van der Waals surface area contributed by atoms with Crippen LogP contribution in [0.1, 0.15) is 17.3 Å². The van der Waals surface area contributed by atoms with Gasteiger partial charge in [-0.3, -0.25) is 4.79 Å². The normalized spacial score (nSPS) is 10.3. The van der Waals surface area contributed by atoms with Crippen molar-refractivity contribution in [2.24, 2.45) is 0 Å². The maximum absolute atomic E-state index is 11.5. The zero-order valence-corrected chi connectivity index (χ0v) is 14.3. The number of Topliss-reactive ketones (excluding diaryl/α,β-unsaturated/α-hetero) is 1. The number of carbonyl (C=O) groups excluding carboxylic acids is 1. The first-order valence-electron chi connectivity index (χ1n) is 7.37. The van der Waals surface area contributed by atoms with Crippen LogP contribution >= 0.6 is 15.9 Å². The number of nitrogens with zero attached hydrogens (tertiary/aromatic N) is 1. The number of rotatable bonds is 4. The van der Waals surface area contributed by atoms with E-state index in [-0.39, 0.29) is 5.78 Å². The molecule has 0 radical (unpaired) electrons. The van der Waals surface area contributed by atoms with Crippen LogP contribution < -0.4 is 4.90 Å². The van der Waals surface area contributed by atoms with Crippen LogP contribution in [0.25, 0.3) is 0 Å². The van der Waals surface area contributed by atoms with E-state index in [1.807, 2.05) is 54.6 Å². The lowest BCUT2D eigenvalue weighted by Crippen LogP contribution is -2.09. The van der Waals surface area contributed by atoms with Gasteiger partial charge in [0, 0.05) is 27.1 Å². The zero-order chi connectivity index (χ0) is 16.2. The van der Waals surface area contributed by atoms with Gasteiger partial charge in [0.05, 0.1) is 0 Å². The van der Waals surface area contributed by atoms with Gasteiger partial charge in [-0.15, -0.1) is 0 Å². The van der Waals surface area contributed by atoms with Crippen molar-refractivity contribution in [1.29, 1.82) is 0 Å². The second-order valence-corrected chi connectivity index (χ2v) is 6.17. The summed E-state index contributed by atoms with van der Waals surface area (Å²) in [6.45, 7) is 1.58. The first-order valence-corrected chi connectivity index (χ1v) is 8.16. The molecule has 0 aliphatic rings. The number of hydrogen-bond donors (Lipinski definition) is 0. The molecule has 0 atom stereocenters. The van der Waals surface area contributed by atoms with E-state index in [4.69, 9.17) is 0 Å². The summed E-state index contributed by atoms with van der Waals surface area (Å²) in [4.78, 5) is 13.6. The Balaban J connectivity index is 2.08. The topological polar surface area (TPSA) is 20.3 Å². The number of halogens is 1. The number of carbonyl (C=O) groups is 1. The molecule has 114 valence electrons. The Hall–Kier alpha value is -2.39. The highest BCUT2D eigenvalue weighted by atomic mass is 79.9. The minimum absolute atomic E-state index is 0.0754. The summed E-state index contributed by atoms with van der Waals surface area (Å²) in [5.74, 6) is 0.0754. The molecule has 0 unspecified atom stereocenters. The van der Waals surface area contributed by atoms with Crippen molar-refractivity contribution in [3.8, 4) is 0 Å². The Bertz CT molecular complexity index is 795. The molecule has 0 fully saturated rings. The van der Waals surface area contributed by atoms with Gasteiger partial charge < -0.3 is 4.90 Å². The smallest absolute Gasteiger partial charge is 0.159 e. The fraction of sp³-hybridized carbons (Fsp3) is 0.0500. The van der Waals surface area contributed by atoms with Gasteiger partial charge in [0.1, 0.15) is 0 Å². The Morgan fingerprint density at radius 1 is 0.739 bits per heavy atom. The molecule has 0 spiro atoms. The highest BCUT2D eigenvalue weighted by Gasteiger charge is 2.12. The maximum Gasteiger partial charge on any atom is 0.159 e. The SMILES string of the molecule is CC(=O)c1ccc(N(c2ccccc2)c2ccc(Br)cc2)cc1. The third-order valence-corrected chi connectivity index (χ3v) is 4.16. The van der Waals surface area contributed by atoms with Crippen molar-refractivity contribution < 1.29 is 4.79 Å². The fourth-order valence-electron chi connectivity index (χ4n) is 2.46. The van der Waals surface area contributed by atoms with Gasteiger partial charge in [-0.05, 0) is 67.6 Å². The van der Waals surface area contributed by atoms with Crippen molar-refractivity contribution >= 4 is 38.8 Å². The lowest BCUT2D eigenvalue weighted by molar-refractivity contribution is 0.101. The third-order valence-electron chi connectivity index (χ3n) is 3.63. The van der Waals surface area contributed by atoms with Crippen LogP contribution in [-0.4, -0.2) is 5.78 Å². The summed E-state index contributed by atoms with van der Waals surface area (Å²) in [6, 6.07) is 26.0. The number of benzene rings is 3. The van der Waals surface area contributed by atoms with Crippen molar-refractivity contribution in [3.63, 3.8) is 0 Å². The van der Waals surface area contributed by atoms with E-state index < -0.39 is 0 Å². The van der Waals surface area contributed by atoms with E-state index >= 15 is 0 Å². The summed E-state index contributed by atoms with van der Waals surface area (Å²) >= 11 is 3.48. The van der Waals surface area contributed by atoms with Crippen molar-refractivity contribution in [2.75, 3.05) is 4.90 Å². The molecule has 0 saturated heterocycles. The van der Waals surface area contributed by atoms with Gasteiger partial charge in [0.15, 0.2) is 5.78 Å². The molecule has 0 aliphatic carbocycles. The molecule has 3 aromatic carbocycles. The monoisotopic (exact) mass is 365 g/mol. The Morgan fingerprint density at radius 2 is 1.22 bits per heavy atom. The first kappa shape index (κ1) is 15.5. The fourth-order valence-corrected chi connectivity index (χ4v) is 2.72. The minimum atomic E-state index is 0.0754. The van der Waals surface area contributed by atoms with Crippen LogP contribution in [0.2, 0.25) is 0 Å². The lowest BCUT2D eigenvalue weighted by Gasteiger charge is -2.25. The van der Waals surface area contributed by atoms with Gasteiger partial charge in [-0.2, -0.15) is 0 Å². The van der Waals surface area contributed by atoms with E-state index in [2.05, 4.69) is 45.1 Å². The van der Waals surface area contributed by atoms with Crippen molar-refractivity contribution in [1.82, 2.24) is 0 Å². The van der Waals surface area contributed by atoms with E-state index in [9.17, 15) is 4.79 Å². The van der Waals surface area contributed by atoms with E-state index in [0.717, 1.165) is 27.1 Å². The quantitative estimate of drug-likeness (QED) is 0.519. The van der Waals surface area contributed by atoms with Gasteiger partial charge in [0.25, 0.3) is 0 Å². The van der Waals surface area contributed by atoms with Gasteiger partial charge >= 0.3 is 0 Å². The molecule has 0 aromatic heterocycles. The van der Waals surface area contributed by atoms with Crippen LogP contribution in [-0.2, 0) is 0 Å². The number of para-hydroxylation sites is 1. The Labute approximate surface area is 144 Å². The maximum atomic E-state index is 11.5. The molecular weight excluding hydrogens is 350 g/mol. The molecule has 3 rings (SSSR count). The second-order valence-electron chi connectivity index (χ2n) is 5.25. The molecule has 23 heavy (non-hydrogen) atoms. The molecule has 0 heterocycles. The van der Waals surface area contributed by atoms with Crippen LogP contribution in [0.3, 0.4) is 0 Å². The Kier molecular flexibility index (Phi) is 4.58. The summed E-state index contributed by atoms with van der Waals surface area (Å²) in [6.07, 6.45) is 0. The average molecular weight is 366 g/mol. The van der Waals surface area contributed by atoms with E-state index in [1.165, 1.54) is 0 Å². The predicted molar refractivity (Wildman–Crippen MR) is 98.8 cm³/mol. The van der Waals surface area contributed by atoms with Crippen LogP contribution in [0.5, 0.6) is 0 Å². The van der Waals surface area contributed by atoms with E-state index in [0.29, 0.717) is 0 Å². The summed E-state index contributed by atoms with van der Waals surface area (Å²) in [5, 5.41) is 0. The molecule has 3 heteroatoms.